The Morgan fingerprint density at radius 3 is 2.59 bits per heavy atom. The van der Waals surface area contributed by atoms with Gasteiger partial charge in [0.25, 0.3) is 0 Å². The Hall–Kier alpha value is -2.57. The highest BCUT2D eigenvalue weighted by molar-refractivity contribution is 5.97. The van der Waals surface area contributed by atoms with Crippen molar-refractivity contribution in [3.05, 3.63) is 47.4 Å². The van der Waals surface area contributed by atoms with E-state index in [1.807, 2.05) is 0 Å². The SMILES string of the molecule is COC(=O)c1cc(OC(F)F)ccc1-c1nc(C)ccc1F. The second-order valence-corrected chi connectivity index (χ2v) is 4.36. The van der Waals surface area contributed by atoms with Gasteiger partial charge in [-0.1, -0.05) is 0 Å². The molecule has 0 spiro atoms. The predicted octanol–water partition coefficient (Wildman–Crippen LogP) is 3.58. The number of methoxy groups -OCH3 is 1. The van der Waals surface area contributed by atoms with E-state index in [1.54, 1.807) is 6.92 Å². The molecule has 2 rings (SSSR count). The van der Waals surface area contributed by atoms with Crippen molar-refractivity contribution < 1.29 is 27.4 Å². The summed E-state index contributed by atoms with van der Waals surface area (Å²) < 4.78 is 47.3. The number of nitrogens with zero attached hydrogens (tertiary/aromatic N) is 1. The zero-order valence-corrected chi connectivity index (χ0v) is 11.8. The maximum absolute atomic E-state index is 13.9. The number of carbonyl (C=O) groups excluding carboxylic acids is 1. The number of aromatic nitrogens is 1. The quantitative estimate of drug-likeness (QED) is 0.810. The molecule has 1 aromatic heterocycles. The van der Waals surface area contributed by atoms with Gasteiger partial charge in [0.2, 0.25) is 0 Å². The molecule has 0 saturated carbocycles. The van der Waals surface area contributed by atoms with Crippen molar-refractivity contribution in [1.82, 2.24) is 4.98 Å². The molecule has 7 heteroatoms. The first-order valence-corrected chi connectivity index (χ1v) is 6.23. The van der Waals surface area contributed by atoms with Crippen molar-refractivity contribution >= 4 is 5.97 Å². The molecule has 2 aromatic rings. The van der Waals surface area contributed by atoms with Gasteiger partial charge in [0, 0.05) is 11.3 Å². The van der Waals surface area contributed by atoms with Crippen LogP contribution in [0.4, 0.5) is 13.2 Å². The summed E-state index contributed by atoms with van der Waals surface area (Å²) in [6, 6.07) is 6.25. The molecular weight excluding hydrogens is 299 g/mol. The molecule has 0 unspecified atom stereocenters. The van der Waals surface area contributed by atoms with E-state index in [0.717, 1.165) is 13.2 Å². The lowest BCUT2D eigenvalue weighted by atomic mass is 10.0. The van der Waals surface area contributed by atoms with E-state index in [2.05, 4.69) is 14.5 Å². The molecule has 116 valence electrons. The van der Waals surface area contributed by atoms with Gasteiger partial charge < -0.3 is 9.47 Å². The number of esters is 1. The number of pyridine rings is 1. The van der Waals surface area contributed by atoms with Gasteiger partial charge in [0.05, 0.1) is 12.7 Å². The first kappa shape index (κ1) is 15.8. The molecule has 0 saturated heterocycles. The molecule has 1 heterocycles. The molecule has 0 radical (unpaired) electrons. The van der Waals surface area contributed by atoms with Crippen LogP contribution in [0.3, 0.4) is 0 Å². The predicted molar refractivity (Wildman–Crippen MR) is 72.3 cm³/mol. The molecule has 0 atom stereocenters. The Morgan fingerprint density at radius 1 is 1.23 bits per heavy atom. The van der Waals surface area contributed by atoms with Crippen LogP contribution in [0.1, 0.15) is 16.1 Å². The van der Waals surface area contributed by atoms with Crippen molar-refractivity contribution in [3.63, 3.8) is 0 Å². The molecule has 0 fully saturated rings. The molecule has 4 nitrogen and oxygen atoms in total. The highest BCUT2D eigenvalue weighted by Crippen LogP contribution is 2.29. The van der Waals surface area contributed by atoms with Gasteiger partial charge in [-0.25, -0.2) is 9.18 Å². The van der Waals surface area contributed by atoms with E-state index in [9.17, 15) is 18.0 Å². The van der Waals surface area contributed by atoms with Crippen LogP contribution in [0, 0.1) is 12.7 Å². The first-order chi connectivity index (χ1) is 10.4. The first-order valence-electron chi connectivity index (χ1n) is 6.23. The van der Waals surface area contributed by atoms with Gasteiger partial charge in [0.1, 0.15) is 17.3 Å². The van der Waals surface area contributed by atoms with E-state index in [0.29, 0.717) is 5.69 Å². The summed E-state index contributed by atoms with van der Waals surface area (Å²) in [4.78, 5) is 15.9. The summed E-state index contributed by atoms with van der Waals surface area (Å²) in [6.07, 6.45) is 0. The van der Waals surface area contributed by atoms with E-state index in [1.165, 1.54) is 24.3 Å². The van der Waals surface area contributed by atoms with Crippen LogP contribution in [0.15, 0.2) is 30.3 Å². The summed E-state index contributed by atoms with van der Waals surface area (Å²) in [7, 11) is 1.13. The standard InChI is InChI=1S/C15H12F3NO3/c1-8-3-6-12(16)13(19-8)10-5-4-9(22-15(17)18)7-11(10)14(20)21-2/h3-7,15H,1-2H3. The molecule has 0 bridgehead atoms. The fraction of sp³-hybridized carbons (Fsp3) is 0.200. The minimum absolute atomic E-state index is 0.0657. The highest BCUT2D eigenvalue weighted by atomic mass is 19.3. The van der Waals surface area contributed by atoms with Crippen molar-refractivity contribution in [2.45, 2.75) is 13.5 Å². The van der Waals surface area contributed by atoms with Gasteiger partial charge in [0.15, 0.2) is 0 Å². The van der Waals surface area contributed by atoms with Gasteiger partial charge in [-0.05, 0) is 37.3 Å². The number of hydrogen-bond donors (Lipinski definition) is 0. The summed E-state index contributed by atoms with van der Waals surface area (Å²) in [5.74, 6) is -1.68. The zero-order chi connectivity index (χ0) is 16.3. The number of ether oxygens (including phenoxy) is 2. The number of aryl methyl sites for hydroxylation is 1. The molecule has 0 aliphatic rings. The third-order valence-corrected chi connectivity index (χ3v) is 2.86. The van der Waals surface area contributed by atoms with Gasteiger partial charge in [-0.15, -0.1) is 0 Å². The Labute approximate surface area is 124 Å². The van der Waals surface area contributed by atoms with Crippen LogP contribution in [-0.4, -0.2) is 24.7 Å². The van der Waals surface area contributed by atoms with E-state index in [4.69, 9.17) is 0 Å². The summed E-state index contributed by atoms with van der Waals surface area (Å²) >= 11 is 0. The second-order valence-electron chi connectivity index (χ2n) is 4.36. The number of benzene rings is 1. The number of carbonyl (C=O) groups is 1. The largest absolute Gasteiger partial charge is 0.465 e. The maximum Gasteiger partial charge on any atom is 0.387 e. The third-order valence-electron chi connectivity index (χ3n) is 2.86. The normalized spacial score (nSPS) is 10.6. The van der Waals surface area contributed by atoms with Crippen LogP contribution in [0.5, 0.6) is 5.75 Å². The average molecular weight is 311 g/mol. The zero-order valence-electron chi connectivity index (χ0n) is 11.8. The van der Waals surface area contributed by atoms with Gasteiger partial charge in [-0.3, -0.25) is 4.98 Å². The molecule has 0 aliphatic heterocycles. The smallest absolute Gasteiger partial charge is 0.387 e. The van der Waals surface area contributed by atoms with Crippen LogP contribution in [-0.2, 0) is 4.74 Å². The summed E-state index contributed by atoms with van der Waals surface area (Å²) in [6.45, 7) is -1.38. The van der Waals surface area contributed by atoms with Gasteiger partial charge in [-0.2, -0.15) is 8.78 Å². The van der Waals surface area contributed by atoms with Crippen molar-refractivity contribution in [2.24, 2.45) is 0 Å². The number of halogens is 3. The van der Waals surface area contributed by atoms with Crippen LogP contribution in [0.25, 0.3) is 11.3 Å². The highest BCUT2D eigenvalue weighted by Gasteiger charge is 2.19. The van der Waals surface area contributed by atoms with Crippen LogP contribution < -0.4 is 4.74 Å². The summed E-state index contributed by atoms with van der Waals surface area (Å²) in [5, 5.41) is 0. The Balaban J connectivity index is 2.59. The fourth-order valence-corrected chi connectivity index (χ4v) is 1.91. The summed E-state index contributed by atoms with van der Waals surface area (Å²) in [5.41, 5.74) is 0.497. The van der Waals surface area contributed by atoms with Crippen molar-refractivity contribution in [1.29, 1.82) is 0 Å². The third kappa shape index (κ3) is 3.36. The second kappa shape index (κ2) is 6.46. The molecule has 0 amide bonds. The lowest BCUT2D eigenvalue weighted by Gasteiger charge is -2.11. The number of rotatable bonds is 4. The number of alkyl halides is 2. The topological polar surface area (TPSA) is 48.4 Å². The van der Waals surface area contributed by atoms with Crippen molar-refractivity contribution in [3.8, 4) is 17.0 Å². The lowest BCUT2D eigenvalue weighted by molar-refractivity contribution is -0.0499. The van der Waals surface area contributed by atoms with Gasteiger partial charge >= 0.3 is 12.6 Å². The molecule has 0 aliphatic carbocycles. The van der Waals surface area contributed by atoms with E-state index in [-0.39, 0.29) is 22.6 Å². The molecule has 0 N–H and O–H groups in total. The van der Waals surface area contributed by atoms with E-state index < -0.39 is 18.4 Å². The van der Waals surface area contributed by atoms with E-state index >= 15 is 0 Å². The fourth-order valence-electron chi connectivity index (χ4n) is 1.91. The Morgan fingerprint density at radius 2 is 1.95 bits per heavy atom. The Bertz CT molecular complexity index is 704. The van der Waals surface area contributed by atoms with Crippen LogP contribution in [0.2, 0.25) is 0 Å². The lowest BCUT2D eigenvalue weighted by Crippen LogP contribution is -2.08. The number of hydrogen-bond acceptors (Lipinski definition) is 4. The molecular formula is C15H12F3NO3. The maximum atomic E-state index is 13.9. The minimum atomic E-state index is -3.04. The van der Waals surface area contributed by atoms with Crippen molar-refractivity contribution in [2.75, 3.05) is 7.11 Å². The monoisotopic (exact) mass is 311 g/mol. The average Bonchev–Trinajstić information content (AvgIpc) is 2.48. The van der Waals surface area contributed by atoms with Crippen LogP contribution >= 0.6 is 0 Å². The Kier molecular flexibility index (Phi) is 4.65. The molecule has 22 heavy (non-hydrogen) atoms. The molecule has 1 aromatic carbocycles. The minimum Gasteiger partial charge on any atom is -0.465 e.